The van der Waals surface area contributed by atoms with Crippen LogP contribution in [-0.4, -0.2) is 8.42 Å². The molecule has 0 saturated carbocycles. The van der Waals surface area contributed by atoms with E-state index in [1.54, 1.807) is 24.3 Å². The van der Waals surface area contributed by atoms with Crippen molar-refractivity contribution >= 4 is 15.7 Å². The highest BCUT2D eigenvalue weighted by atomic mass is 32.2. The smallest absolute Gasteiger partial charge is 0.262 e. The number of benzene rings is 3. The summed E-state index contributed by atoms with van der Waals surface area (Å²) < 4.78 is 69.8. The fourth-order valence-corrected chi connectivity index (χ4v) is 4.07. The maximum atomic E-state index is 14.4. The first kappa shape index (κ1) is 20.5. The third kappa shape index (κ3) is 4.61. The van der Waals surface area contributed by atoms with E-state index in [1.807, 2.05) is 10.8 Å². The molecule has 0 aliphatic carbocycles. The fourth-order valence-electron chi connectivity index (χ4n) is 2.66. The maximum Gasteiger partial charge on any atom is 0.262 e. The van der Waals surface area contributed by atoms with Crippen LogP contribution in [0.3, 0.4) is 0 Å². The average Bonchev–Trinajstić information content (AvgIpc) is 2.66. The summed E-state index contributed by atoms with van der Waals surface area (Å²) in [7, 11) is -4.41. The van der Waals surface area contributed by atoms with E-state index in [9.17, 15) is 21.6 Å². The lowest BCUT2D eigenvalue weighted by molar-refractivity contribution is 0.579. The van der Waals surface area contributed by atoms with Gasteiger partial charge in [0.2, 0.25) is 0 Å². The van der Waals surface area contributed by atoms with E-state index in [0.29, 0.717) is 11.1 Å². The zero-order valence-corrected chi connectivity index (χ0v) is 16.4. The van der Waals surface area contributed by atoms with E-state index in [2.05, 4.69) is 11.8 Å². The van der Waals surface area contributed by atoms with E-state index < -0.39 is 33.2 Å². The molecule has 0 heterocycles. The van der Waals surface area contributed by atoms with Gasteiger partial charge >= 0.3 is 0 Å². The minimum absolute atomic E-state index is 0.0459. The first-order chi connectivity index (χ1) is 13.7. The molecule has 0 bridgehead atoms. The summed E-state index contributed by atoms with van der Waals surface area (Å²) in [5, 5.41) is 0. The first-order valence-corrected chi connectivity index (χ1v) is 10.0. The summed E-state index contributed by atoms with van der Waals surface area (Å²) in [6.07, 6.45) is 0. The lowest BCUT2D eigenvalue weighted by Gasteiger charge is -2.13. The third-order valence-electron chi connectivity index (χ3n) is 4.13. The molecule has 0 spiro atoms. The molecule has 0 aromatic heterocycles. The summed E-state index contributed by atoms with van der Waals surface area (Å²) in [5.41, 5.74) is 0.0754. The minimum Gasteiger partial charge on any atom is -0.274 e. The Morgan fingerprint density at radius 2 is 1.38 bits per heavy atom. The van der Waals surface area contributed by atoms with E-state index in [-0.39, 0.29) is 16.0 Å². The van der Waals surface area contributed by atoms with Crippen LogP contribution in [0.2, 0.25) is 0 Å². The number of hydrogen-bond acceptors (Lipinski definition) is 2. The molecule has 0 radical (unpaired) electrons. The van der Waals surface area contributed by atoms with Crippen molar-refractivity contribution in [2.45, 2.75) is 18.7 Å². The Morgan fingerprint density at radius 1 is 0.793 bits per heavy atom. The van der Waals surface area contributed by atoms with Gasteiger partial charge in [-0.2, -0.15) is 0 Å². The molecule has 0 saturated heterocycles. The Morgan fingerprint density at radius 3 is 2.00 bits per heavy atom. The van der Waals surface area contributed by atoms with Gasteiger partial charge in [-0.05, 0) is 55.8 Å². The molecule has 3 aromatic carbocycles. The molecule has 0 amide bonds. The molecule has 29 heavy (non-hydrogen) atoms. The monoisotopic (exact) mass is 415 g/mol. The van der Waals surface area contributed by atoms with Gasteiger partial charge in [-0.1, -0.05) is 30.0 Å². The van der Waals surface area contributed by atoms with Crippen molar-refractivity contribution in [2.24, 2.45) is 0 Å². The van der Waals surface area contributed by atoms with Crippen LogP contribution in [0.15, 0.2) is 59.5 Å². The molecule has 0 aliphatic rings. The summed E-state index contributed by atoms with van der Waals surface area (Å²) in [5.74, 6) is 2.42. The number of anilines is 1. The Kier molecular flexibility index (Phi) is 5.66. The molecule has 7 heteroatoms. The predicted molar refractivity (Wildman–Crippen MR) is 105 cm³/mol. The van der Waals surface area contributed by atoms with Crippen LogP contribution in [0, 0.1) is 43.1 Å². The van der Waals surface area contributed by atoms with Gasteiger partial charge in [0, 0.05) is 16.7 Å². The van der Waals surface area contributed by atoms with Gasteiger partial charge in [0.25, 0.3) is 10.0 Å². The molecule has 3 rings (SSSR count). The second-order valence-electron chi connectivity index (χ2n) is 6.41. The Hall–Kier alpha value is -3.24. The fraction of sp³-hybridized carbons (Fsp3) is 0.0909. The van der Waals surface area contributed by atoms with Crippen LogP contribution in [0.5, 0.6) is 0 Å². The molecule has 3 nitrogen and oxygen atoms in total. The number of sulfonamides is 1. The molecule has 3 aromatic rings. The van der Waals surface area contributed by atoms with Crippen LogP contribution in [0.4, 0.5) is 18.9 Å². The SMILES string of the molecule is Cc1cc(F)c(C)c(S(=O)(=O)Nc2c(F)cc(C#Cc3ccccc3)cc2F)c1. The van der Waals surface area contributed by atoms with Gasteiger partial charge in [0.1, 0.15) is 11.5 Å². The topological polar surface area (TPSA) is 46.2 Å². The van der Waals surface area contributed by atoms with Crippen molar-refractivity contribution < 1.29 is 21.6 Å². The summed E-state index contributed by atoms with van der Waals surface area (Å²) in [6.45, 7) is 2.79. The van der Waals surface area contributed by atoms with Gasteiger partial charge in [-0.3, -0.25) is 4.72 Å². The van der Waals surface area contributed by atoms with Crippen molar-refractivity contribution in [3.8, 4) is 11.8 Å². The van der Waals surface area contributed by atoms with Crippen molar-refractivity contribution in [2.75, 3.05) is 4.72 Å². The summed E-state index contributed by atoms with van der Waals surface area (Å²) in [6, 6.07) is 13.1. The molecule has 0 atom stereocenters. The molecule has 148 valence electrons. The van der Waals surface area contributed by atoms with E-state index in [4.69, 9.17) is 0 Å². The van der Waals surface area contributed by atoms with Crippen LogP contribution in [0.25, 0.3) is 0 Å². The van der Waals surface area contributed by atoms with Gasteiger partial charge in [0.15, 0.2) is 11.6 Å². The second-order valence-corrected chi connectivity index (χ2v) is 8.06. The molecule has 1 N–H and O–H groups in total. The number of halogens is 3. The van der Waals surface area contributed by atoms with Crippen molar-refractivity contribution in [1.82, 2.24) is 0 Å². The van der Waals surface area contributed by atoms with Crippen LogP contribution in [0.1, 0.15) is 22.3 Å². The van der Waals surface area contributed by atoms with Crippen LogP contribution < -0.4 is 4.72 Å². The summed E-state index contributed by atoms with van der Waals surface area (Å²) >= 11 is 0. The van der Waals surface area contributed by atoms with Crippen molar-refractivity contribution in [1.29, 1.82) is 0 Å². The average molecular weight is 415 g/mol. The zero-order chi connectivity index (χ0) is 21.2. The normalized spacial score (nSPS) is 10.9. The van der Waals surface area contributed by atoms with Gasteiger partial charge in [0.05, 0.1) is 4.90 Å². The van der Waals surface area contributed by atoms with Gasteiger partial charge in [-0.15, -0.1) is 0 Å². The Balaban J connectivity index is 1.96. The van der Waals surface area contributed by atoms with Crippen molar-refractivity contribution in [3.05, 3.63) is 94.3 Å². The van der Waals surface area contributed by atoms with E-state index in [0.717, 1.165) is 12.1 Å². The lowest BCUT2D eigenvalue weighted by Crippen LogP contribution is -2.17. The second kappa shape index (κ2) is 8.02. The molecular weight excluding hydrogens is 399 g/mol. The largest absolute Gasteiger partial charge is 0.274 e. The Bertz CT molecular complexity index is 1220. The summed E-state index contributed by atoms with van der Waals surface area (Å²) in [4.78, 5) is -0.387. The molecular formula is C22H16F3NO2S. The maximum absolute atomic E-state index is 14.4. The van der Waals surface area contributed by atoms with Gasteiger partial charge in [-0.25, -0.2) is 21.6 Å². The number of rotatable bonds is 3. The quantitative estimate of drug-likeness (QED) is 0.617. The van der Waals surface area contributed by atoms with Gasteiger partial charge < -0.3 is 0 Å². The molecule has 0 fully saturated rings. The number of hydrogen-bond donors (Lipinski definition) is 1. The number of aryl methyl sites for hydroxylation is 1. The molecule has 0 unspecified atom stereocenters. The zero-order valence-electron chi connectivity index (χ0n) is 15.6. The van der Waals surface area contributed by atoms with Crippen LogP contribution >= 0.6 is 0 Å². The third-order valence-corrected chi connectivity index (χ3v) is 5.61. The first-order valence-electron chi connectivity index (χ1n) is 8.53. The highest BCUT2D eigenvalue weighted by Crippen LogP contribution is 2.27. The predicted octanol–water partition coefficient (Wildman–Crippen LogP) is 4.92. The lowest BCUT2D eigenvalue weighted by atomic mass is 10.1. The van der Waals surface area contributed by atoms with E-state index in [1.165, 1.54) is 26.0 Å². The van der Waals surface area contributed by atoms with Crippen LogP contribution in [-0.2, 0) is 10.0 Å². The van der Waals surface area contributed by atoms with Crippen molar-refractivity contribution in [3.63, 3.8) is 0 Å². The minimum atomic E-state index is -4.41. The highest BCUT2D eigenvalue weighted by molar-refractivity contribution is 7.92. The van der Waals surface area contributed by atoms with E-state index >= 15 is 0 Å². The standard InChI is InChI=1S/C22H16F3NO2S/c1-14-10-18(23)15(2)21(11-14)29(27,28)26-22-19(24)12-17(13-20(22)25)9-8-16-6-4-3-5-7-16/h3-7,10-13,26H,1-2H3. The number of nitrogens with one attached hydrogen (secondary N) is 1. The highest BCUT2D eigenvalue weighted by Gasteiger charge is 2.23. The molecule has 0 aliphatic heterocycles. The Labute approximate surface area is 167 Å².